The van der Waals surface area contributed by atoms with Crippen molar-refractivity contribution >= 4 is 23.7 Å². The van der Waals surface area contributed by atoms with Gasteiger partial charge in [0.1, 0.15) is 6.10 Å². The van der Waals surface area contributed by atoms with Gasteiger partial charge < -0.3 is 43.2 Å². The highest BCUT2D eigenvalue weighted by Crippen LogP contribution is 2.48. The molecule has 274 valence electrons. The van der Waals surface area contributed by atoms with Gasteiger partial charge in [-0.25, -0.2) is 13.2 Å². The van der Waals surface area contributed by atoms with E-state index in [2.05, 4.69) is 5.32 Å². The van der Waals surface area contributed by atoms with Gasteiger partial charge in [-0.2, -0.15) is 4.31 Å². The summed E-state index contributed by atoms with van der Waals surface area (Å²) in [7, 11) is -6.47. The van der Waals surface area contributed by atoms with E-state index in [9.17, 15) is 22.9 Å². The normalized spacial score (nSPS) is 20.6. The number of hydrogen-bond donors (Lipinski definition) is 2. The third kappa shape index (κ3) is 10.6. The number of alkyl carbamates (subject to hydrolysis) is 1. The number of ether oxygens (including phenoxy) is 5. The molecule has 2 fully saturated rings. The van der Waals surface area contributed by atoms with Gasteiger partial charge in [0.15, 0.2) is 24.1 Å². The summed E-state index contributed by atoms with van der Waals surface area (Å²) >= 11 is 0. The molecule has 14 nitrogen and oxygen atoms in total. The fourth-order valence-corrected chi connectivity index (χ4v) is 8.71. The Morgan fingerprint density at radius 2 is 1.78 bits per heavy atom. The van der Waals surface area contributed by atoms with Crippen LogP contribution >= 0.6 is 7.60 Å². The third-order valence-corrected chi connectivity index (χ3v) is 11.6. The van der Waals surface area contributed by atoms with Gasteiger partial charge in [-0.3, -0.25) is 4.57 Å². The lowest BCUT2D eigenvalue weighted by Crippen LogP contribution is -2.51. The van der Waals surface area contributed by atoms with Gasteiger partial charge in [0.05, 0.1) is 56.5 Å². The van der Waals surface area contributed by atoms with E-state index in [1.54, 1.807) is 13.8 Å². The quantitative estimate of drug-likeness (QED) is 0.196. The number of fused-ring (bicyclic) bond motifs is 1. The number of carbonyl (C=O) groups is 1. The molecule has 2 saturated heterocycles. The topological polar surface area (TPSA) is 168 Å². The van der Waals surface area contributed by atoms with Crippen molar-refractivity contribution in [1.29, 1.82) is 0 Å². The van der Waals surface area contributed by atoms with E-state index < -0.39 is 54.6 Å². The Balaban J connectivity index is 1.56. The summed E-state index contributed by atoms with van der Waals surface area (Å²) in [6.07, 6.45) is -2.52. The third-order valence-electron chi connectivity index (χ3n) is 8.07. The first-order valence-corrected chi connectivity index (χ1v) is 19.7. The van der Waals surface area contributed by atoms with Crippen LogP contribution in [0.15, 0.2) is 53.4 Å². The van der Waals surface area contributed by atoms with E-state index in [-0.39, 0.29) is 67.6 Å². The zero-order chi connectivity index (χ0) is 35.6. The van der Waals surface area contributed by atoms with Crippen molar-refractivity contribution in [3.8, 4) is 11.5 Å². The summed E-state index contributed by atoms with van der Waals surface area (Å²) < 4.78 is 81.1. The van der Waals surface area contributed by atoms with Crippen LogP contribution in [0.3, 0.4) is 0 Å². The van der Waals surface area contributed by atoms with Crippen molar-refractivity contribution in [2.45, 2.75) is 70.0 Å². The predicted octanol–water partition coefficient (Wildman–Crippen LogP) is 4.40. The Hall–Kier alpha value is -2.75. The van der Waals surface area contributed by atoms with E-state index >= 15 is 0 Å². The van der Waals surface area contributed by atoms with E-state index in [1.807, 2.05) is 44.2 Å². The van der Waals surface area contributed by atoms with Gasteiger partial charge >= 0.3 is 13.7 Å². The molecule has 2 aromatic rings. The summed E-state index contributed by atoms with van der Waals surface area (Å²) in [6.45, 7) is 7.77. The lowest BCUT2D eigenvalue weighted by atomic mass is 10.0. The fraction of sp³-hybridized carbons (Fsp3) is 0.606. The molecule has 0 aromatic heterocycles. The Morgan fingerprint density at radius 1 is 1.06 bits per heavy atom. The first kappa shape index (κ1) is 39.0. The maximum Gasteiger partial charge on any atom is 0.407 e. The highest BCUT2D eigenvalue weighted by Gasteiger charge is 2.44. The van der Waals surface area contributed by atoms with Crippen LogP contribution in [0.25, 0.3) is 0 Å². The molecular weight excluding hydrogens is 679 g/mol. The number of nitrogens with one attached hydrogen (secondary N) is 1. The standard InChI is InChI=1S/C33H49N2O12PS/c1-6-45-48(38,46-7-2)22-44-30-18-25(13-14-29(30)41-5)49(39,40)35(19-23(3)4)20-28(36)27(17-24-11-9-8-10-12-24)34-33(37)47-31-21-43-32-26(31)15-16-42-32/h8-14,18,23,26-28,31-32,36H,6-7,15-17,19-22H2,1-5H3,(H,34,37)/t26-,27-,28+,31-,32+/m0/s1. The van der Waals surface area contributed by atoms with E-state index in [4.69, 9.17) is 32.7 Å². The molecule has 0 radical (unpaired) electrons. The Bertz CT molecular complexity index is 1500. The summed E-state index contributed by atoms with van der Waals surface area (Å²) in [5.41, 5.74) is 0.826. The molecule has 2 N–H and O–H groups in total. The first-order valence-electron chi connectivity index (χ1n) is 16.5. The minimum Gasteiger partial charge on any atom is -0.493 e. The van der Waals surface area contributed by atoms with Crippen molar-refractivity contribution in [3.05, 3.63) is 54.1 Å². The van der Waals surface area contributed by atoms with Crippen LogP contribution in [-0.4, -0.2) is 101 Å². The number of hydrogen-bond acceptors (Lipinski definition) is 12. The van der Waals surface area contributed by atoms with Gasteiger partial charge in [-0.15, -0.1) is 0 Å². The van der Waals surface area contributed by atoms with Crippen LogP contribution in [-0.2, 0) is 44.3 Å². The van der Waals surface area contributed by atoms with Gasteiger partial charge in [-0.1, -0.05) is 44.2 Å². The molecule has 1 amide bonds. The van der Waals surface area contributed by atoms with Gasteiger partial charge in [-0.05, 0) is 50.3 Å². The average molecular weight is 729 g/mol. The predicted molar refractivity (Wildman–Crippen MR) is 180 cm³/mol. The molecule has 5 atom stereocenters. The van der Waals surface area contributed by atoms with Crippen molar-refractivity contribution in [2.24, 2.45) is 11.8 Å². The van der Waals surface area contributed by atoms with Crippen LogP contribution in [0, 0.1) is 11.8 Å². The van der Waals surface area contributed by atoms with E-state index in [0.29, 0.717) is 13.0 Å². The summed E-state index contributed by atoms with van der Waals surface area (Å²) in [6, 6.07) is 12.4. The smallest absolute Gasteiger partial charge is 0.407 e. The summed E-state index contributed by atoms with van der Waals surface area (Å²) in [4.78, 5) is 13.0. The number of benzene rings is 2. The maximum atomic E-state index is 14.2. The van der Waals surface area contributed by atoms with Crippen molar-refractivity contribution in [2.75, 3.05) is 53.0 Å². The molecule has 0 bridgehead atoms. The van der Waals surface area contributed by atoms with Crippen LogP contribution in [0.2, 0.25) is 0 Å². The number of amides is 1. The monoisotopic (exact) mass is 728 g/mol. The van der Waals surface area contributed by atoms with Gasteiger partial charge in [0.25, 0.3) is 0 Å². The van der Waals surface area contributed by atoms with Crippen molar-refractivity contribution in [1.82, 2.24) is 9.62 Å². The number of rotatable bonds is 19. The Kier molecular flexibility index (Phi) is 14.3. The summed E-state index contributed by atoms with van der Waals surface area (Å²) in [5, 5.41) is 14.4. The SMILES string of the molecule is CCOP(=O)(COc1cc(S(=O)(=O)N(CC(C)C)C[C@@H](O)[C@H](Cc2ccccc2)NC(=O)O[C@H]2CO[C@H]3OCC[C@H]32)ccc1OC)OCC. The lowest BCUT2D eigenvalue weighted by molar-refractivity contribution is -0.0907. The molecular formula is C33H49N2O12PS. The number of nitrogens with zero attached hydrogens (tertiary/aromatic N) is 1. The molecule has 0 spiro atoms. The average Bonchev–Trinajstić information content (AvgIpc) is 3.69. The van der Waals surface area contributed by atoms with Crippen molar-refractivity contribution < 1.29 is 55.6 Å². The van der Waals surface area contributed by atoms with Crippen molar-refractivity contribution in [3.63, 3.8) is 0 Å². The zero-order valence-corrected chi connectivity index (χ0v) is 30.4. The van der Waals surface area contributed by atoms with Crippen LogP contribution in [0.5, 0.6) is 11.5 Å². The molecule has 0 saturated carbocycles. The number of aliphatic hydroxyl groups excluding tert-OH is 1. The lowest BCUT2D eigenvalue weighted by Gasteiger charge is -2.31. The van der Waals surface area contributed by atoms with E-state index in [0.717, 1.165) is 5.56 Å². The fourth-order valence-electron chi connectivity index (χ4n) is 5.77. The Morgan fingerprint density at radius 3 is 2.43 bits per heavy atom. The molecule has 2 aliphatic heterocycles. The van der Waals surface area contributed by atoms with E-state index in [1.165, 1.54) is 29.6 Å². The number of sulfonamides is 1. The largest absolute Gasteiger partial charge is 0.493 e. The minimum atomic E-state index is -4.24. The maximum absolute atomic E-state index is 14.2. The highest BCUT2D eigenvalue weighted by molar-refractivity contribution is 7.89. The molecule has 16 heteroatoms. The molecule has 2 heterocycles. The van der Waals surface area contributed by atoms with Crippen LogP contribution in [0.4, 0.5) is 4.79 Å². The summed E-state index contributed by atoms with van der Waals surface area (Å²) in [5.74, 6) is 0.0420. The minimum absolute atomic E-state index is 0.0189. The second-order valence-corrected chi connectivity index (χ2v) is 16.2. The highest BCUT2D eigenvalue weighted by atomic mass is 32.2. The van der Waals surface area contributed by atoms with Gasteiger partial charge in [0, 0.05) is 19.2 Å². The molecule has 49 heavy (non-hydrogen) atoms. The Labute approximate surface area is 288 Å². The molecule has 4 rings (SSSR count). The number of methoxy groups -OCH3 is 1. The second kappa shape index (κ2) is 18.0. The number of carbonyl (C=O) groups excluding carboxylic acids is 1. The molecule has 0 aliphatic carbocycles. The molecule has 0 unspecified atom stereocenters. The second-order valence-electron chi connectivity index (χ2n) is 12.2. The zero-order valence-electron chi connectivity index (χ0n) is 28.7. The molecule has 2 aromatic carbocycles. The molecule has 2 aliphatic rings. The van der Waals surface area contributed by atoms with Crippen LogP contribution < -0.4 is 14.8 Å². The van der Waals surface area contributed by atoms with Crippen LogP contribution in [0.1, 0.15) is 39.7 Å². The first-order chi connectivity index (χ1) is 23.4. The number of aliphatic hydroxyl groups is 1. The van der Waals surface area contributed by atoms with Gasteiger partial charge in [0.2, 0.25) is 10.0 Å².